The predicted octanol–water partition coefficient (Wildman–Crippen LogP) is 2.67. The number of hydrogen-bond donors (Lipinski definition) is 1. The molecule has 1 amide bonds. The van der Waals surface area contributed by atoms with E-state index in [-0.39, 0.29) is 5.41 Å². The van der Waals surface area contributed by atoms with Crippen molar-refractivity contribution in [2.45, 2.75) is 26.2 Å². The molecule has 1 N–H and O–H groups in total. The van der Waals surface area contributed by atoms with Crippen molar-refractivity contribution >= 4 is 12.3 Å². The molecule has 0 aromatic heterocycles. The fourth-order valence-corrected chi connectivity index (χ4v) is 1.27. The van der Waals surface area contributed by atoms with Crippen LogP contribution in [0.15, 0.2) is 29.4 Å². The number of rotatable bonds is 2. The molecule has 0 spiro atoms. The lowest BCUT2D eigenvalue weighted by Gasteiger charge is -2.18. The third-order valence-corrected chi connectivity index (χ3v) is 2.33. The smallest absolute Gasteiger partial charge is 0.427 e. The Hall–Kier alpha value is -1.84. The Morgan fingerprint density at radius 1 is 1.29 bits per heavy atom. The predicted molar refractivity (Wildman–Crippen MR) is 68.3 cm³/mol. The van der Waals surface area contributed by atoms with Crippen molar-refractivity contribution in [2.24, 2.45) is 5.10 Å². The molecule has 0 atom stereocenters. The van der Waals surface area contributed by atoms with E-state index in [9.17, 15) is 4.79 Å². The van der Waals surface area contributed by atoms with Crippen LogP contribution in [0, 0.1) is 0 Å². The zero-order valence-electron chi connectivity index (χ0n) is 10.7. The Labute approximate surface area is 102 Å². The van der Waals surface area contributed by atoms with E-state index in [4.69, 9.17) is 0 Å². The Bertz CT molecular complexity index is 402. The lowest BCUT2D eigenvalue weighted by molar-refractivity contribution is 0.171. The molecule has 92 valence electrons. The van der Waals surface area contributed by atoms with Crippen molar-refractivity contribution in [3.05, 3.63) is 35.4 Å². The average molecular weight is 234 g/mol. The largest absolute Gasteiger partial charge is 0.452 e. The third-order valence-electron chi connectivity index (χ3n) is 2.33. The van der Waals surface area contributed by atoms with Crippen LogP contribution in [-0.4, -0.2) is 19.4 Å². The molecule has 0 fully saturated rings. The molecular weight excluding hydrogens is 216 g/mol. The fourth-order valence-electron chi connectivity index (χ4n) is 1.27. The number of carbonyl (C=O) groups is 1. The van der Waals surface area contributed by atoms with E-state index in [0.29, 0.717) is 0 Å². The van der Waals surface area contributed by atoms with E-state index in [1.807, 2.05) is 12.1 Å². The highest BCUT2D eigenvalue weighted by Gasteiger charge is 2.12. The molecule has 0 aliphatic heterocycles. The SMILES string of the molecule is COC(=O)N/N=C/c1ccc(C(C)(C)C)cc1. The highest BCUT2D eigenvalue weighted by atomic mass is 16.5. The Morgan fingerprint density at radius 2 is 1.88 bits per heavy atom. The number of benzene rings is 1. The second-order valence-corrected chi connectivity index (χ2v) is 4.73. The number of nitrogens with one attached hydrogen (secondary N) is 1. The lowest BCUT2D eigenvalue weighted by atomic mass is 9.87. The average Bonchev–Trinajstić information content (AvgIpc) is 2.28. The molecule has 0 saturated carbocycles. The highest BCUT2D eigenvalue weighted by molar-refractivity contribution is 5.80. The van der Waals surface area contributed by atoms with E-state index in [2.05, 4.69) is 48.2 Å². The minimum absolute atomic E-state index is 0.139. The van der Waals surface area contributed by atoms with Gasteiger partial charge in [0.15, 0.2) is 0 Å². The van der Waals surface area contributed by atoms with E-state index in [1.54, 1.807) is 6.21 Å². The molecule has 1 aromatic carbocycles. The highest BCUT2D eigenvalue weighted by Crippen LogP contribution is 2.21. The summed E-state index contributed by atoms with van der Waals surface area (Å²) < 4.78 is 4.39. The van der Waals surface area contributed by atoms with Gasteiger partial charge in [-0.2, -0.15) is 5.10 Å². The van der Waals surface area contributed by atoms with Crippen molar-refractivity contribution in [1.82, 2.24) is 5.43 Å². The van der Waals surface area contributed by atoms with Crippen LogP contribution < -0.4 is 5.43 Å². The number of hydrogen-bond acceptors (Lipinski definition) is 3. The Balaban J connectivity index is 2.66. The summed E-state index contributed by atoms with van der Waals surface area (Å²) in [4.78, 5) is 10.7. The molecule has 4 heteroatoms. The van der Waals surface area contributed by atoms with Gasteiger partial charge in [-0.25, -0.2) is 10.2 Å². The van der Waals surface area contributed by atoms with Crippen LogP contribution in [0.25, 0.3) is 0 Å². The number of hydrazone groups is 1. The summed E-state index contributed by atoms with van der Waals surface area (Å²) in [6.45, 7) is 6.48. The topological polar surface area (TPSA) is 50.7 Å². The van der Waals surface area contributed by atoms with Crippen LogP contribution in [0.2, 0.25) is 0 Å². The number of amides is 1. The van der Waals surface area contributed by atoms with Crippen LogP contribution in [0.4, 0.5) is 4.79 Å². The lowest BCUT2D eigenvalue weighted by Crippen LogP contribution is -2.16. The van der Waals surface area contributed by atoms with Crippen LogP contribution in [0.5, 0.6) is 0 Å². The van der Waals surface area contributed by atoms with Crippen LogP contribution in [-0.2, 0) is 10.2 Å². The molecule has 0 unspecified atom stereocenters. The first-order valence-corrected chi connectivity index (χ1v) is 5.41. The summed E-state index contributed by atoms with van der Waals surface area (Å²) in [5.41, 5.74) is 4.56. The fraction of sp³-hybridized carbons (Fsp3) is 0.385. The summed E-state index contributed by atoms with van der Waals surface area (Å²) in [5, 5.41) is 3.75. The van der Waals surface area contributed by atoms with Crippen LogP contribution in [0.1, 0.15) is 31.9 Å². The third kappa shape index (κ3) is 4.26. The summed E-state index contributed by atoms with van der Waals surface area (Å²) in [5.74, 6) is 0. The van der Waals surface area contributed by atoms with Crippen LogP contribution >= 0.6 is 0 Å². The number of ether oxygens (including phenoxy) is 1. The van der Waals surface area contributed by atoms with Gasteiger partial charge < -0.3 is 4.74 Å². The van der Waals surface area contributed by atoms with Crippen molar-refractivity contribution < 1.29 is 9.53 Å². The van der Waals surface area contributed by atoms with Gasteiger partial charge in [0, 0.05) is 0 Å². The number of carbonyl (C=O) groups excluding carboxylic acids is 1. The molecule has 0 radical (unpaired) electrons. The molecule has 0 heterocycles. The summed E-state index contributed by atoms with van der Waals surface area (Å²) in [6.07, 6.45) is 0.996. The monoisotopic (exact) mass is 234 g/mol. The first-order valence-electron chi connectivity index (χ1n) is 5.41. The molecular formula is C13H18N2O2. The quantitative estimate of drug-likeness (QED) is 0.631. The number of nitrogens with zero attached hydrogens (tertiary/aromatic N) is 1. The van der Waals surface area contributed by atoms with Crippen molar-refractivity contribution in [3.63, 3.8) is 0 Å². The maximum Gasteiger partial charge on any atom is 0.427 e. The molecule has 0 bridgehead atoms. The van der Waals surface area contributed by atoms with E-state index >= 15 is 0 Å². The van der Waals surface area contributed by atoms with Gasteiger partial charge >= 0.3 is 6.09 Å². The maximum atomic E-state index is 10.7. The summed E-state index contributed by atoms with van der Waals surface area (Å²) in [6, 6.07) is 8.03. The van der Waals surface area contributed by atoms with Gasteiger partial charge in [0.05, 0.1) is 13.3 Å². The summed E-state index contributed by atoms with van der Waals surface area (Å²) in [7, 11) is 1.29. The first-order chi connectivity index (χ1) is 7.93. The van der Waals surface area contributed by atoms with Crippen molar-refractivity contribution in [1.29, 1.82) is 0 Å². The molecule has 0 aliphatic carbocycles. The Morgan fingerprint density at radius 3 is 2.35 bits per heavy atom. The zero-order valence-corrected chi connectivity index (χ0v) is 10.7. The maximum absolute atomic E-state index is 10.7. The minimum atomic E-state index is -0.576. The van der Waals surface area contributed by atoms with Gasteiger partial charge in [0.1, 0.15) is 0 Å². The van der Waals surface area contributed by atoms with Crippen molar-refractivity contribution in [2.75, 3.05) is 7.11 Å². The molecule has 17 heavy (non-hydrogen) atoms. The van der Waals surface area contributed by atoms with Gasteiger partial charge in [-0.05, 0) is 16.5 Å². The number of methoxy groups -OCH3 is 1. The van der Waals surface area contributed by atoms with Gasteiger partial charge in [0.25, 0.3) is 0 Å². The van der Waals surface area contributed by atoms with Gasteiger partial charge in [0.2, 0.25) is 0 Å². The first kappa shape index (κ1) is 13.2. The molecule has 1 rings (SSSR count). The summed E-state index contributed by atoms with van der Waals surface area (Å²) >= 11 is 0. The van der Waals surface area contributed by atoms with E-state index in [1.165, 1.54) is 12.7 Å². The normalized spacial score (nSPS) is 11.5. The standard InChI is InChI=1S/C13H18N2O2/c1-13(2,3)11-7-5-10(6-8-11)9-14-15-12(16)17-4/h5-9H,1-4H3,(H,15,16)/b14-9+. The van der Waals surface area contributed by atoms with Crippen molar-refractivity contribution in [3.8, 4) is 0 Å². The Kier molecular flexibility index (Phi) is 4.26. The van der Waals surface area contributed by atoms with Gasteiger partial charge in [-0.15, -0.1) is 0 Å². The van der Waals surface area contributed by atoms with Gasteiger partial charge in [-0.1, -0.05) is 45.0 Å². The second kappa shape index (κ2) is 5.48. The van der Waals surface area contributed by atoms with E-state index in [0.717, 1.165) is 5.56 Å². The van der Waals surface area contributed by atoms with Crippen LogP contribution in [0.3, 0.4) is 0 Å². The molecule has 0 saturated heterocycles. The van der Waals surface area contributed by atoms with E-state index < -0.39 is 6.09 Å². The second-order valence-electron chi connectivity index (χ2n) is 4.73. The zero-order chi connectivity index (χ0) is 12.9. The molecule has 4 nitrogen and oxygen atoms in total. The molecule has 0 aliphatic rings. The van der Waals surface area contributed by atoms with Gasteiger partial charge in [-0.3, -0.25) is 0 Å². The molecule has 1 aromatic rings. The minimum Gasteiger partial charge on any atom is -0.452 e.